The van der Waals surface area contributed by atoms with Crippen LogP contribution in [0.1, 0.15) is 28.5 Å². The molecule has 0 aliphatic carbocycles. The Labute approximate surface area is 199 Å². The van der Waals surface area contributed by atoms with E-state index in [4.69, 9.17) is 9.72 Å². The SMILES string of the molecule is CCOC(=O)c1nc(-c2cccc3ccccc23)n(Cc2ccccc2)c1-c1ccc(C)cc1. The summed E-state index contributed by atoms with van der Waals surface area (Å²) in [5.41, 5.74) is 5.31. The van der Waals surface area contributed by atoms with Crippen LogP contribution in [0.5, 0.6) is 0 Å². The van der Waals surface area contributed by atoms with Crippen LogP contribution in [-0.4, -0.2) is 22.1 Å². The maximum absolute atomic E-state index is 13.1. The highest BCUT2D eigenvalue weighted by atomic mass is 16.5. The summed E-state index contributed by atoms with van der Waals surface area (Å²) in [6, 6.07) is 32.9. The smallest absolute Gasteiger partial charge is 0.359 e. The highest BCUT2D eigenvalue weighted by Crippen LogP contribution is 2.35. The molecule has 4 nitrogen and oxygen atoms in total. The summed E-state index contributed by atoms with van der Waals surface area (Å²) in [6.07, 6.45) is 0. The Balaban J connectivity index is 1.82. The predicted octanol–water partition coefficient (Wildman–Crippen LogP) is 6.90. The fraction of sp³-hybridized carbons (Fsp3) is 0.133. The molecule has 168 valence electrons. The van der Waals surface area contributed by atoms with Crippen molar-refractivity contribution in [2.45, 2.75) is 20.4 Å². The minimum Gasteiger partial charge on any atom is -0.461 e. The lowest BCUT2D eigenvalue weighted by molar-refractivity contribution is 0.0521. The number of fused-ring (bicyclic) bond motifs is 1. The third-order valence-corrected chi connectivity index (χ3v) is 5.98. The largest absolute Gasteiger partial charge is 0.461 e. The fourth-order valence-corrected chi connectivity index (χ4v) is 4.34. The first-order valence-electron chi connectivity index (χ1n) is 11.5. The van der Waals surface area contributed by atoms with E-state index in [1.54, 1.807) is 0 Å². The van der Waals surface area contributed by atoms with Crippen molar-refractivity contribution in [3.63, 3.8) is 0 Å². The van der Waals surface area contributed by atoms with Crippen LogP contribution in [0.4, 0.5) is 0 Å². The Morgan fingerprint density at radius 2 is 1.56 bits per heavy atom. The lowest BCUT2D eigenvalue weighted by Gasteiger charge is -2.15. The van der Waals surface area contributed by atoms with Crippen molar-refractivity contribution < 1.29 is 9.53 Å². The number of rotatable bonds is 6. The van der Waals surface area contributed by atoms with Crippen LogP contribution in [0.25, 0.3) is 33.4 Å². The standard InChI is InChI=1S/C30H26N2O2/c1-3-34-30(33)27-28(24-18-16-21(2)17-19-24)32(20-22-10-5-4-6-11-22)29(31-27)26-15-9-13-23-12-7-8-14-25(23)26/h4-19H,3,20H2,1-2H3. The molecule has 0 N–H and O–H groups in total. The monoisotopic (exact) mass is 446 g/mol. The van der Waals surface area contributed by atoms with Crippen molar-refractivity contribution in [1.29, 1.82) is 0 Å². The zero-order chi connectivity index (χ0) is 23.5. The van der Waals surface area contributed by atoms with E-state index in [0.717, 1.165) is 44.5 Å². The molecule has 0 aliphatic rings. The number of carbonyl (C=O) groups excluding carboxylic acids is 1. The fourth-order valence-electron chi connectivity index (χ4n) is 4.34. The van der Waals surface area contributed by atoms with Crippen molar-refractivity contribution in [3.8, 4) is 22.6 Å². The molecule has 34 heavy (non-hydrogen) atoms. The van der Waals surface area contributed by atoms with Gasteiger partial charge in [-0.2, -0.15) is 0 Å². The second kappa shape index (κ2) is 9.36. The number of nitrogens with zero attached hydrogens (tertiary/aromatic N) is 2. The number of esters is 1. The van der Waals surface area contributed by atoms with Crippen LogP contribution in [0.2, 0.25) is 0 Å². The summed E-state index contributed by atoms with van der Waals surface area (Å²) in [7, 11) is 0. The quantitative estimate of drug-likeness (QED) is 0.266. The van der Waals surface area contributed by atoms with Crippen molar-refractivity contribution in [2.75, 3.05) is 6.61 Å². The van der Waals surface area contributed by atoms with Gasteiger partial charge >= 0.3 is 5.97 Å². The Hall–Kier alpha value is -4.18. The van der Waals surface area contributed by atoms with Crippen LogP contribution in [0.3, 0.4) is 0 Å². The van der Waals surface area contributed by atoms with E-state index in [1.165, 1.54) is 0 Å². The van der Waals surface area contributed by atoms with Gasteiger partial charge in [-0.15, -0.1) is 0 Å². The van der Waals surface area contributed by atoms with E-state index in [2.05, 4.69) is 60.0 Å². The Bertz CT molecular complexity index is 1450. The summed E-state index contributed by atoms with van der Waals surface area (Å²) in [5.74, 6) is 0.339. The van der Waals surface area contributed by atoms with Crippen LogP contribution in [0.15, 0.2) is 97.1 Å². The molecule has 0 atom stereocenters. The molecule has 5 rings (SSSR count). The summed E-state index contributed by atoms with van der Waals surface area (Å²) in [5, 5.41) is 2.22. The molecule has 4 aromatic carbocycles. The molecule has 0 aliphatic heterocycles. The number of imidazole rings is 1. The minimum absolute atomic E-state index is 0.293. The molecule has 0 saturated heterocycles. The molecule has 0 fully saturated rings. The highest BCUT2D eigenvalue weighted by molar-refractivity contribution is 5.99. The van der Waals surface area contributed by atoms with E-state index in [0.29, 0.717) is 18.8 Å². The normalized spacial score (nSPS) is 11.0. The molecule has 0 unspecified atom stereocenters. The number of benzene rings is 4. The van der Waals surface area contributed by atoms with E-state index < -0.39 is 5.97 Å². The lowest BCUT2D eigenvalue weighted by atomic mass is 10.0. The summed E-state index contributed by atoms with van der Waals surface area (Å²) in [4.78, 5) is 18.1. The average molecular weight is 447 g/mol. The van der Waals surface area contributed by atoms with Crippen molar-refractivity contribution in [2.24, 2.45) is 0 Å². The first kappa shape index (κ1) is 21.7. The maximum Gasteiger partial charge on any atom is 0.359 e. The maximum atomic E-state index is 13.1. The predicted molar refractivity (Wildman–Crippen MR) is 137 cm³/mol. The van der Waals surface area contributed by atoms with E-state index in [-0.39, 0.29) is 0 Å². The van der Waals surface area contributed by atoms with Crippen LogP contribution < -0.4 is 0 Å². The third-order valence-electron chi connectivity index (χ3n) is 5.98. The molecule has 0 bridgehead atoms. The molecule has 0 amide bonds. The Morgan fingerprint density at radius 3 is 2.32 bits per heavy atom. The highest BCUT2D eigenvalue weighted by Gasteiger charge is 2.26. The van der Waals surface area contributed by atoms with E-state index in [9.17, 15) is 4.79 Å². The molecule has 4 heteroatoms. The summed E-state index contributed by atoms with van der Waals surface area (Å²) < 4.78 is 7.59. The molecular formula is C30H26N2O2. The average Bonchev–Trinajstić information content (AvgIpc) is 3.24. The van der Waals surface area contributed by atoms with Gasteiger partial charge < -0.3 is 9.30 Å². The van der Waals surface area contributed by atoms with Gasteiger partial charge in [-0.25, -0.2) is 9.78 Å². The van der Waals surface area contributed by atoms with E-state index in [1.807, 2.05) is 55.5 Å². The summed E-state index contributed by atoms with van der Waals surface area (Å²) >= 11 is 0. The number of aryl methyl sites for hydroxylation is 1. The molecule has 0 spiro atoms. The van der Waals surface area contributed by atoms with Gasteiger partial charge in [0.2, 0.25) is 0 Å². The van der Waals surface area contributed by atoms with Crippen molar-refractivity contribution in [1.82, 2.24) is 9.55 Å². The second-order valence-corrected chi connectivity index (χ2v) is 8.32. The van der Waals surface area contributed by atoms with Crippen molar-refractivity contribution >= 4 is 16.7 Å². The molecule has 1 aromatic heterocycles. The number of ether oxygens (including phenoxy) is 1. The van der Waals surface area contributed by atoms with Crippen LogP contribution in [0, 0.1) is 6.92 Å². The number of hydrogen-bond donors (Lipinski definition) is 0. The number of carbonyl (C=O) groups is 1. The second-order valence-electron chi connectivity index (χ2n) is 8.32. The topological polar surface area (TPSA) is 44.1 Å². The van der Waals surface area contributed by atoms with Gasteiger partial charge in [0, 0.05) is 17.7 Å². The third kappa shape index (κ3) is 4.11. The zero-order valence-corrected chi connectivity index (χ0v) is 19.4. The van der Waals surface area contributed by atoms with Crippen molar-refractivity contribution in [3.05, 3.63) is 114 Å². The molecule has 5 aromatic rings. The van der Waals surface area contributed by atoms with Crippen LogP contribution >= 0.6 is 0 Å². The van der Waals surface area contributed by atoms with Crippen LogP contribution in [-0.2, 0) is 11.3 Å². The van der Waals surface area contributed by atoms with Gasteiger partial charge in [0.25, 0.3) is 0 Å². The lowest BCUT2D eigenvalue weighted by Crippen LogP contribution is -2.09. The van der Waals surface area contributed by atoms with Gasteiger partial charge in [-0.05, 0) is 30.2 Å². The number of aromatic nitrogens is 2. The van der Waals surface area contributed by atoms with E-state index >= 15 is 0 Å². The number of hydrogen-bond acceptors (Lipinski definition) is 3. The van der Waals surface area contributed by atoms with Gasteiger partial charge in [0.05, 0.1) is 12.3 Å². The molecule has 0 saturated carbocycles. The van der Waals surface area contributed by atoms with Gasteiger partial charge in [0.15, 0.2) is 5.69 Å². The minimum atomic E-state index is -0.411. The first-order chi connectivity index (χ1) is 16.7. The molecular weight excluding hydrogens is 420 g/mol. The van der Waals surface area contributed by atoms with Gasteiger partial charge in [0.1, 0.15) is 5.82 Å². The van der Waals surface area contributed by atoms with Gasteiger partial charge in [-0.1, -0.05) is 103 Å². The molecule has 0 radical (unpaired) electrons. The first-order valence-corrected chi connectivity index (χ1v) is 11.5. The Morgan fingerprint density at radius 1 is 0.853 bits per heavy atom. The van der Waals surface area contributed by atoms with Gasteiger partial charge in [-0.3, -0.25) is 0 Å². The Kier molecular flexibility index (Phi) is 5.96. The summed E-state index contributed by atoms with van der Waals surface area (Å²) in [6.45, 7) is 4.74. The molecule has 1 heterocycles. The zero-order valence-electron chi connectivity index (χ0n) is 19.4.